The van der Waals surface area contributed by atoms with E-state index in [1.165, 1.54) is 19.3 Å². The second-order valence-electron chi connectivity index (χ2n) is 4.29. The van der Waals surface area contributed by atoms with E-state index in [1.807, 2.05) is 12.3 Å². The van der Waals surface area contributed by atoms with Gasteiger partial charge in [0.2, 0.25) is 0 Å². The average Bonchev–Trinajstić information content (AvgIpc) is 2.59. The van der Waals surface area contributed by atoms with Gasteiger partial charge in [-0.15, -0.1) is 10.2 Å². The molecule has 2 aromatic heterocycles. The summed E-state index contributed by atoms with van der Waals surface area (Å²) in [5.74, 6) is 2.05. The van der Waals surface area contributed by atoms with Gasteiger partial charge in [-0.2, -0.15) is 0 Å². The molecule has 0 fully saturated rings. The molecular formula is C12H13BrN4. The number of aromatic nitrogens is 4. The third-order valence-electron chi connectivity index (χ3n) is 3.07. The molecule has 1 aliphatic rings. The highest BCUT2D eigenvalue weighted by atomic mass is 79.9. The van der Waals surface area contributed by atoms with Crippen LogP contribution in [0.4, 0.5) is 0 Å². The average molecular weight is 293 g/mol. The van der Waals surface area contributed by atoms with Gasteiger partial charge >= 0.3 is 0 Å². The molecule has 2 aromatic rings. The van der Waals surface area contributed by atoms with E-state index < -0.39 is 0 Å². The Morgan fingerprint density at radius 3 is 2.94 bits per heavy atom. The SMILES string of the molecule is Brc1cncc(-c2nnc3n2CCCCC3)c1. The molecule has 0 saturated heterocycles. The molecule has 3 rings (SSSR count). The first kappa shape index (κ1) is 10.9. The molecule has 0 amide bonds. The minimum Gasteiger partial charge on any atom is -0.311 e. The van der Waals surface area contributed by atoms with Crippen LogP contribution in [0.25, 0.3) is 11.4 Å². The zero-order chi connectivity index (χ0) is 11.7. The molecule has 17 heavy (non-hydrogen) atoms. The number of pyridine rings is 1. The van der Waals surface area contributed by atoms with Crippen LogP contribution in [0.2, 0.25) is 0 Å². The Hall–Kier alpha value is -1.23. The van der Waals surface area contributed by atoms with E-state index in [4.69, 9.17) is 0 Å². The molecule has 5 heteroatoms. The van der Waals surface area contributed by atoms with Crippen LogP contribution in [0.1, 0.15) is 25.1 Å². The number of halogens is 1. The molecule has 0 aliphatic carbocycles. The number of aryl methyl sites for hydroxylation is 1. The van der Waals surface area contributed by atoms with Gasteiger partial charge in [0.1, 0.15) is 5.82 Å². The minimum absolute atomic E-state index is 0.940. The molecule has 0 unspecified atom stereocenters. The van der Waals surface area contributed by atoms with Gasteiger partial charge < -0.3 is 4.57 Å². The second-order valence-corrected chi connectivity index (χ2v) is 5.21. The summed E-state index contributed by atoms with van der Waals surface area (Å²) in [6, 6.07) is 2.04. The Bertz CT molecular complexity index is 535. The highest BCUT2D eigenvalue weighted by Gasteiger charge is 2.16. The predicted molar refractivity (Wildman–Crippen MR) is 68.5 cm³/mol. The Labute approximate surface area is 108 Å². The number of nitrogens with zero attached hydrogens (tertiary/aromatic N) is 4. The molecule has 4 nitrogen and oxygen atoms in total. The third-order valence-corrected chi connectivity index (χ3v) is 3.51. The molecule has 0 N–H and O–H groups in total. The zero-order valence-electron chi connectivity index (χ0n) is 9.43. The first-order valence-corrected chi connectivity index (χ1v) is 6.67. The van der Waals surface area contributed by atoms with E-state index in [2.05, 4.69) is 35.7 Å². The summed E-state index contributed by atoms with van der Waals surface area (Å²) < 4.78 is 3.21. The van der Waals surface area contributed by atoms with Crippen LogP contribution in [0, 0.1) is 0 Å². The van der Waals surface area contributed by atoms with Gasteiger partial charge in [0.25, 0.3) is 0 Å². The highest BCUT2D eigenvalue weighted by Crippen LogP contribution is 2.23. The molecule has 0 atom stereocenters. The van der Waals surface area contributed by atoms with Gasteiger partial charge in [0.05, 0.1) is 0 Å². The fraction of sp³-hybridized carbons (Fsp3) is 0.417. The van der Waals surface area contributed by atoms with Crippen molar-refractivity contribution < 1.29 is 0 Å². The fourth-order valence-electron chi connectivity index (χ4n) is 2.23. The monoisotopic (exact) mass is 292 g/mol. The van der Waals surface area contributed by atoms with E-state index in [0.717, 1.165) is 34.7 Å². The predicted octanol–water partition coefficient (Wildman–Crippen LogP) is 2.83. The Kier molecular flexibility index (Phi) is 2.93. The standard InChI is InChI=1S/C12H13BrN4/c13-10-6-9(7-14-8-10)12-16-15-11-4-2-1-3-5-17(11)12/h6-8H,1-5H2. The van der Waals surface area contributed by atoms with Crippen LogP contribution < -0.4 is 0 Å². The Morgan fingerprint density at radius 1 is 1.12 bits per heavy atom. The molecule has 1 aliphatic heterocycles. The number of rotatable bonds is 1. The first-order valence-electron chi connectivity index (χ1n) is 5.87. The van der Waals surface area contributed by atoms with Gasteiger partial charge in [-0.05, 0) is 34.8 Å². The maximum Gasteiger partial charge on any atom is 0.165 e. The van der Waals surface area contributed by atoms with E-state index >= 15 is 0 Å². The fourth-order valence-corrected chi connectivity index (χ4v) is 2.60. The van der Waals surface area contributed by atoms with E-state index in [1.54, 1.807) is 6.20 Å². The Morgan fingerprint density at radius 2 is 2.06 bits per heavy atom. The lowest BCUT2D eigenvalue weighted by Gasteiger charge is -2.06. The van der Waals surface area contributed by atoms with E-state index in [9.17, 15) is 0 Å². The van der Waals surface area contributed by atoms with Crippen molar-refractivity contribution in [1.82, 2.24) is 19.7 Å². The second kappa shape index (κ2) is 4.56. The summed E-state index contributed by atoms with van der Waals surface area (Å²) in [4.78, 5) is 4.18. The maximum absolute atomic E-state index is 4.30. The van der Waals surface area contributed by atoms with Crippen LogP contribution >= 0.6 is 15.9 Å². The zero-order valence-corrected chi connectivity index (χ0v) is 11.0. The van der Waals surface area contributed by atoms with Crippen molar-refractivity contribution in [3.8, 4) is 11.4 Å². The summed E-state index contributed by atoms with van der Waals surface area (Å²) in [6.07, 6.45) is 8.36. The number of hydrogen-bond donors (Lipinski definition) is 0. The maximum atomic E-state index is 4.30. The van der Waals surface area contributed by atoms with Gasteiger partial charge in [0.15, 0.2) is 5.82 Å². The summed E-state index contributed by atoms with van der Waals surface area (Å²) in [7, 11) is 0. The lowest BCUT2D eigenvalue weighted by Crippen LogP contribution is -2.03. The van der Waals surface area contributed by atoms with Crippen molar-refractivity contribution in [2.75, 3.05) is 0 Å². The van der Waals surface area contributed by atoms with Gasteiger partial charge in [-0.25, -0.2) is 0 Å². The van der Waals surface area contributed by atoms with Crippen molar-refractivity contribution in [3.05, 3.63) is 28.8 Å². The molecule has 3 heterocycles. The third kappa shape index (κ3) is 2.11. The molecule has 88 valence electrons. The normalized spacial score (nSPS) is 15.4. The molecule has 0 spiro atoms. The summed E-state index contributed by atoms with van der Waals surface area (Å²) in [5.41, 5.74) is 1.03. The van der Waals surface area contributed by atoms with Crippen LogP contribution in [-0.2, 0) is 13.0 Å². The van der Waals surface area contributed by atoms with Crippen LogP contribution in [0.5, 0.6) is 0 Å². The molecular weight excluding hydrogens is 280 g/mol. The Balaban J connectivity index is 2.06. The summed E-state index contributed by atoms with van der Waals surface area (Å²) in [5, 5.41) is 8.60. The number of hydrogen-bond acceptors (Lipinski definition) is 3. The molecule has 0 saturated carbocycles. The molecule has 0 aromatic carbocycles. The lowest BCUT2D eigenvalue weighted by atomic mass is 10.2. The molecule has 0 radical (unpaired) electrons. The van der Waals surface area contributed by atoms with E-state index in [-0.39, 0.29) is 0 Å². The van der Waals surface area contributed by atoms with Gasteiger partial charge in [-0.1, -0.05) is 6.42 Å². The number of fused-ring (bicyclic) bond motifs is 1. The quantitative estimate of drug-likeness (QED) is 0.812. The van der Waals surface area contributed by atoms with Crippen molar-refractivity contribution in [2.45, 2.75) is 32.2 Å². The van der Waals surface area contributed by atoms with Crippen LogP contribution in [0.3, 0.4) is 0 Å². The molecule has 0 bridgehead atoms. The smallest absolute Gasteiger partial charge is 0.165 e. The first-order chi connectivity index (χ1) is 8.34. The summed E-state index contributed by atoms with van der Waals surface area (Å²) in [6.45, 7) is 1.02. The van der Waals surface area contributed by atoms with Crippen molar-refractivity contribution in [2.24, 2.45) is 0 Å². The van der Waals surface area contributed by atoms with Crippen molar-refractivity contribution in [3.63, 3.8) is 0 Å². The summed E-state index contributed by atoms with van der Waals surface area (Å²) >= 11 is 3.44. The minimum atomic E-state index is 0.940. The van der Waals surface area contributed by atoms with E-state index in [0.29, 0.717) is 0 Å². The largest absolute Gasteiger partial charge is 0.311 e. The van der Waals surface area contributed by atoms with Gasteiger partial charge in [-0.3, -0.25) is 4.98 Å². The lowest BCUT2D eigenvalue weighted by molar-refractivity contribution is 0.636. The highest BCUT2D eigenvalue weighted by molar-refractivity contribution is 9.10. The van der Waals surface area contributed by atoms with Crippen molar-refractivity contribution >= 4 is 15.9 Å². The van der Waals surface area contributed by atoms with Crippen molar-refractivity contribution in [1.29, 1.82) is 0 Å². The van der Waals surface area contributed by atoms with Crippen LogP contribution in [-0.4, -0.2) is 19.7 Å². The van der Waals surface area contributed by atoms with Crippen LogP contribution in [0.15, 0.2) is 22.9 Å². The van der Waals surface area contributed by atoms with Gasteiger partial charge in [0, 0.05) is 35.4 Å². The topological polar surface area (TPSA) is 43.6 Å².